The number of carboxylic acids is 1. The number of nitrogens with zero attached hydrogens (tertiary/aromatic N) is 3. The third-order valence-corrected chi connectivity index (χ3v) is 10.1. The third-order valence-electron chi connectivity index (χ3n) is 8.08. The minimum Gasteiger partial charge on any atom is -0.481 e. The molecule has 2 aromatic heterocycles. The Morgan fingerprint density at radius 2 is 1.96 bits per heavy atom. The Morgan fingerprint density at radius 3 is 2.77 bits per heavy atom. The number of nitrogens with one attached hydrogen (secondary N) is 1. The number of aromatic nitrogens is 4. The van der Waals surface area contributed by atoms with Gasteiger partial charge in [-0.25, -0.2) is 22.2 Å². The molecule has 1 aliphatic rings. The lowest BCUT2D eigenvalue weighted by Gasteiger charge is -2.26. The number of aliphatic carboxylic acids is 1. The lowest BCUT2D eigenvalue weighted by molar-refractivity contribution is -0.136. The molecule has 1 aliphatic heterocycles. The van der Waals surface area contributed by atoms with Crippen molar-refractivity contribution in [3.63, 3.8) is 0 Å². The number of aryl methyl sites for hydroxylation is 2. The van der Waals surface area contributed by atoms with E-state index < -0.39 is 38.9 Å². The van der Waals surface area contributed by atoms with Crippen LogP contribution in [0.4, 0.5) is 8.78 Å². The van der Waals surface area contributed by atoms with Gasteiger partial charge in [0, 0.05) is 35.2 Å². The van der Waals surface area contributed by atoms with Gasteiger partial charge in [-0.05, 0) is 48.2 Å². The number of carboxylic acid groups (broad SMARTS) is 1. The highest BCUT2D eigenvalue weighted by molar-refractivity contribution is 7.91. The summed E-state index contributed by atoms with van der Waals surface area (Å²) in [5, 5.41) is 13.9. The molecule has 0 saturated carbocycles. The third kappa shape index (κ3) is 7.36. The lowest BCUT2D eigenvalue weighted by atomic mass is 9.98. The smallest absolute Gasteiger partial charge is 0.303 e. The van der Waals surface area contributed by atoms with E-state index in [1.54, 1.807) is 30.8 Å². The molecular formula is C34H34F2N4O6S. The number of fused-ring (bicyclic) bond motifs is 8. The highest BCUT2D eigenvalue weighted by Crippen LogP contribution is 2.36. The Kier molecular flexibility index (Phi) is 8.86. The molecule has 246 valence electrons. The van der Waals surface area contributed by atoms with Gasteiger partial charge in [0.2, 0.25) is 0 Å². The number of aromatic amines is 1. The maximum absolute atomic E-state index is 15.5. The molecule has 0 fully saturated rings. The molecule has 0 radical (unpaired) electrons. The Labute approximate surface area is 270 Å². The summed E-state index contributed by atoms with van der Waals surface area (Å²) in [6.07, 6.45) is 3.33. The molecule has 0 amide bonds. The van der Waals surface area contributed by atoms with E-state index in [4.69, 9.17) is 14.6 Å². The van der Waals surface area contributed by atoms with Crippen LogP contribution in [-0.2, 0) is 32.2 Å². The highest BCUT2D eigenvalue weighted by atomic mass is 32.2. The summed E-state index contributed by atoms with van der Waals surface area (Å²) in [6, 6.07) is 13.8. The lowest BCUT2D eigenvalue weighted by Crippen LogP contribution is -2.32. The maximum atomic E-state index is 15.5. The van der Waals surface area contributed by atoms with Gasteiger partial charge in [0.1, 0.15) is 17.6 Å². The van der Waals surface area contributed by atoms with Crippen LogP contribution in [-0.4, -0.2) is 64.0 Å². The number of hydrogen-bond acceptors (Lipinski definition) is 7. The Bertz CT molecular complexity index is 2060. The summed E-state index contributed by atoms with van der Waals surface area (Å²) in [7, 11) is -3.67. The van der Waals surface area contributed by atoms with Crippen LogP contribution >= 0.6 is 0 Å². The van der Waals surface area contributed by atoms with Crippen molar-refractivity contribution in [2.24, 2.45) is 5.41 Å². The molecule has 6 rings (SSSR count). The second-order valence-corrected chi connectivity index (χ2v) is 14.7. The first kappa shape index (κ1) is 32.3. The van der Waals surface area contributed by atoms with Crippen molar-refractivity contribution in [3.8, 4) is 22.8 Å². The second-order valence-electron chi connectivity index (χ2n) is 12.6. The molecule has 3 heterocycles. The average Bonchev–Trinajstić information content (AvgIpc) is 3.68. The fourth-order valence-corrected chi connectivity index (χ4v) is 7.86. The largest absolute Gasteiger partial charge is 0.481 e. The summed E-state index contributed by atoms with van der Waals surface area (Å²) in [5.74, 6) is -2.72. The van der Waals surface area contributed by atoms with Gasteiger partial charge < -0.3 is 19.6 Å². The normalized spacial score (nSPS) is 18.1. The number of rotatable bonds is 4. The molecule has 4 bridgehead atoms. The monoisotopic (exact) mass is 664 g/mol. The van der Waals surface area contributed by atoms with Crippen molar-refractivity contribution >= 4 is 26.8 Å². The number of halogens is 2. The van der Waals surface area contributed by atoms with Crippen LogP contribution in [0.5, 0.6) is 11.5 Å². The maximum Gasteiger partial charge on any atom is 0.303 e. The van der Waals surface area contributed by atoms with Gasteiger partial charge in [-0.3, -0.25) is 9.48 Å². The first-order chi connectivity index (χ1) is 22.4. The Balaban J connectivity index is 1.44. The van der Waals surface area contributed by atoms with Crippen LogP contribution in [0.1, 0.15) is 43.0 Å². The zero-order valence-corrected chi connectivity index (χ0v) is 26.7. The molecule has 3 aromatic carbocycles. The van der Waals surface area contributed by atoms with Gasteiger partial charge in [0.05, 0.1) is 47.8 Å². The second kappa shape index (κ2) is 12.9. The number of sulfone groups is 1. The first-order valence-electron chi connectivity index (χ1n) is 15.1. The van der Waals surface area contributed by atoms with Crippen LogP contribution in [0.15, 0.2) is 67.1 Å². The predicted octanol–water partition coefficient (Wildman–Crippen LogP) is 6.12. The van der Waals surface area contributed by atoms with E-state index in [9.17, 15) is 13.2 Å². The molecule has 5 aromatic rings. The molecule has 0 aliphatic carbocycles. The van der Waals surface area contributed by atoms with E-state index >= 15 is 8.78 Å². The zero-order valence-electron chi connectivity index (χ0n) is 25.9. The molecule has 0 saturated heterocycles. The number of benzene rings is 3. The van der Waals surface area contributed by atoms with E-state index in [1.807, 2.05) is 24.3 Å². The number of H-pyrrole nitrogens is 1. The van der Waals surface area contributed by atoms with E-state index in [1.165, 1.54) is 30.6 Å². The summed E-state index contributed by atoms with van der Waals surface area (Å²) < 4.78 is 71.5. The average molecular weight is 665 g/mol. The fourth-order valence-electron chi connectivity index (χ4n) is 5.92. The zero-order chi connectivity index (χ0) is 33.3. The number of hydrogen-bond donors (Lipinski definition) is 2. The van der Waals surface area contributed by atoms with Gasteiger partial charge in [-0.15, -0.1) is 0 Å². The van der Waals surface area contributed by atoms with Crippen LogP contribution < -0.4 is 4.74 Å². The molecule has 2 N–H and O–H groups in total. The van der Waals surface area contributed by atoms with Gasteiger partial charge in [0.15, 0.2) is 21.4 Å². The van der Waals surface area contributed by atoms with Crippen LogP contribution in [0.25, 0.3) is 22.3 Å². The molecule has 1 atom stereocenters. The van der Waals surface area contributed by atoms with Crippen LogP contribution in [0, 0.1) is 17.0 Å². The highest BCUT2D eigenvalue weighted by Gasteiger charge is 2.29. The van der Waals surface area contributed by atoms with E-state index in [0.29, 0.717) is 23.1 Å². The molecule has 47 heavy (non-hydrogen) atoms. The Morgan fingerprint density at radius 1 is 1.13 bits per heavy atom. The van der Waals surface area contributed by atoms with E-state index in [2.05, 4.69) is 15.1 Å². The molecule has 10 nitrogen and oxygen atoms in total. The predicted molar refractivity (Wildman–Crippen MR) is 171 cm³/mol. The van der Waals surface area contributed by atoms with Crippen molar-refractivity contribution in [3.05, 3.63) is 95.4 Å². The summed E-state index contributed by atoms with van der Waals surface area (Å²) in [6.45, 7) is 3.81. The first-order valence-corrected chi connectivity index (χ1v) is 17.0. The van der Waals surface area contributed by atoms with Crippen molar-refractivity contribution < 1.29 is 36.6 Å². The van der Waals surface area contributed by atoms with Crippen LogP contribution in [0.2, 0.25) is 0 Å². The minimum atomic E-state index is -3.67. The molecule has 1 unspecified atom stereocenters. The van der Waals surface area contributed by atoms with Gasteiger partial charge in [-0.2, -0.15) is 5.10 Å². The topological polar surface area (TPSA) is 136 Å². The van der Waals surface area contributed by atoms with E-state index in [0.717, 1.165) is 11.1 Å². The SMILES string of the molecule is CC1(C)COCC(c2cccc(CCC(=O)O)c2)n2ccc(n2)-c2cc(ccc2F)Oc2c(F)cc3[nH]cnc3c2CCS(=O)(=O)C1. The van der Waals surface area contributed by atoms with E-state index in [-0.39, 0.29) is 60.2 Å². The number of imidazole rings is 1. The standard InChI is InChI=1S/C34H34F2N4O6S/c1-34(2)18-45-17-30(22-5-3-4-21(14-22)6-9-31(41)42)40-12-10-28(39-40)25-15-23(7-8-26(25)35)46-33-24(11-13-47(43,44)19-34)32-29(16-27(33)36)37-20-38-32/h3-5,7-8,10,12,14-16,20,30H,6,9,11,13,17-19H2,1-2H3,(H,37,38)(H,41,42). The summed E-state index contributed by atoms with van der Waals surface area (Å²) in [4.78, 5) is 18.3. The quantitative estimate of drug-likeness (QED) is 0.235. The van der Waals surface area contributed by atoms with Crippen molar-refractivity contribution in [2.45, 2.75) is 39.2 Å². The van der Waals surface area contributed by atoms with Gasteiger partial charge >= 0.3 is 5.97 Å². The van der Waals surface area contributed by atoms with Crippen molar-refractivity contribution in [2.75, 3.05) is 24.7 Å². The van der Waals surface area contributed by atoms with Crippen LogP contribution in [0.3, 0.4) is 0 Å². The summed E-state index contributed by atoms with van der Waals surface area (Å²) in [5.41, 5.74) is 2.30. The Hall–Kier alpha value is -4.62. The molecule has 0 spiro atoms. The molecule has 13 heteroatoms. The van der Waals surface area contributed by atoms with Crippen molar-refractivity contribution in [1.29, 1.82) is 0 Å². The van der Waals surface area contributed by atoms with Gasteiger partial charge in [0.25, 0.3) is 0 Å². The minimum absolute atomic E-state index is 0.0299. The van der Waals surface area contributed by atoms with Gasteiger partial charge in [-0.1, -0.05) is 38.1 Å². The molecular weight excluding hydrogens is 630 g/mol. The fraction of sp³-hybridized carbons (Fsp3) is 0.324. The van der Waals surface area contributed by atoms with Crippen molar-refractivity contribution in [1.82, 2.24) is 19.7 Å². The number of ether oxygens (including phenoxy) is 2. The number of carbonyl (C=O) groups is 1. The summed E-state index contributed by atoms with van der Waals surface area (Å²) >= 11 is 0.